The van der Waals surface area contributed by atoms with Crippen molar-refractivity contribution >= 4 is 12.2 Å². The van der Waals surface area contributed by atoms with Crippen molar-refractivity contribution in [1.82, 2.24) is 20.4 Å². The highest BCUT2D eigenvalue weighted by molar-refractivity contribution is 5.81. The molecule has 8 nitrogen and oxygen atoms in total. The molecule has 2 N–H and O–H groups in total. The number of nitrogens with one attached hydrogen (secondary N) is 1. The van der Waals surface area contributed by atoms with Crippen LogP contribution in [0.2, 0.25) is 0 Å². The number of pyridine rings is 1. The van der Waals surface area contributed by atoms with Gasteiger partial charge in [0.25, 0.3) is 0 Å². The van der Waals surface area contributed by atoms with Gasteiger partial charge in [-0.15, -0.1) is 0 Å². The highest BCUT2D eigenvalue weighted by Crippen LogP contribution is 2.26. The molecular weight excluding hydrogens is 336 g/mol. The van der Waals surface area contributed by atoms with Crippen molar-refractivity contribution in [3.8, 4) is 17.3 Å². The van der Waals surface area contributed by atoms with E-state index >= 15 is 0 Å². The van der Waals surface area contributed by atoms with Crippen molar-refractivity contribution in [3.63, 3.8) is 0 Å². The Hall–Kier alpha value is -3.03. The predicted molar refractivity (Wildman–Crippen MR) is 91.8 cm³/mol. The Labute approximate surface area is 150 Å². The Morgan fingerprint density at radius 2 is 2.31 bits per heavy atom. The third kappa shape index (κ3) is 4.33. The first-order chi connectivity index (χ1) is 12.5. The van der Waals surface area contributed by atoms with Crippen LogP contribution in [0.25, 0.3) is 11.5 Å². The molecule has 0 fully saturated rings. The Morgan fingerprint density at radius 3 is 3.04 bits per heavy atom. The molecule has 0 saturated heterocycles. The van der Waals surface area contributed by atoms with E-state index in [0.717, 1.165) is 18.4 Å². The monoisotopic (exact) mass is 356 g/mol. The average molecular weight is 356 g/mol. The smallest absolute Gasteiger partial charge is 0.227 e. The summed E-state index contributed by atoms with van der Waals surface area (Å²) in [6.45, 7) is 2.10. The second-order valence-electron chi connectivity index (χ2n) is 6.43. The van der Waals surface area contributed by atoms with Crippen LogP contribution in [0.15, 0.2) is 34.1 Å². The third-order valence-electron chi connectivity index (χ3n) is 4.29. The summed E-state index contributed by atoms with van der Waals surface area (Å²) in [4.78, 5) is 31.5. The maximum Gasteiger partial charge on any atom is 0.227 e. The van der Waals surface area contributed by atoms with Gasteiger partial charge in [-0.05, 0) is 37.3 Å². The van der Waals surface area contributed by atoms with Gasteiger partial charge >= 0.3 is 0 Å². The van der Waals surface area contributed by atoms with Crippen LogP contribution in [0.1, 0.15) is 38.5 Å². The fourth-order valence-corrected chi connectivity index (χ4v) is 2.83. The zero-order chi connectivity index (χ0) is 18.5. The molecule has 26 heavy (non-hydrogen) atoms. The van der Waals surface area contributed by atoms with Crippen LogP contribution in [0, 0.1) is 5.92 Å². The molecule has 1 aliphatic carbocycles. The normalized spacial score (nSPS) is 17.2. The number of aldehydes is 1. The van der Waals surface area contributed by atoms with Gasteiger partial charge in [-0.3, -0.25) is 9.59 Å². The highest BCUT2D eigenvalue weighted by atomic mass is 16.5. The molecule has 0 bridgehead atoms. The lowest BCUT2D eigenvalue weighted by atomic mass is 9.89. The minimum absolute atomic E-state index is 0.0511. The first-order valence-corrected chi connectivity index (χ1v) is 8.50. The number of aryl methyl sites for hydroxylation is 1. The maximum absolute atomic E-state index is 12.2. The van der Waals surface area contributed by atoms with Crippen molar-refractivity contribution in [2.24, 2.45) is 5.92 Å². The van der Waals surface area contributed by atoms with Gasteiger partial charge in [0.2, 0.25) is 17.6 Å². The molecule has 2 aromatic heterocycles. The maximum atomic E-state index is 12.2. The molecular formula is C18H20N4O4. The molecule has 2 aromatic rings. The fourth-order valence-electron chi connectivity index (χ4n) is 2.83. The van der Waals surface area contributed by atoms with Crippen LogP contribution in [0.4, 0.5) is 0 Å². The van der Waals surface area contributed by atoms with Gasteiger partial charge in [0, 0.05) is 24.1 Å². The molecule has 1 aliphatic rings. The molecule has 1 atom stereocenters. The van der Waals surface area contributed by atoms with Gasteiger partial charge < -0.3 is 14.9 Å². The number of aromatic nitrogens is 3. The lowest BCUT2D eigenvalue weighted by Crippen LogP contribution is -2.27. The van der Waals surface area contributed by atoms with E-state index in [1.54, 1.807) is 6.07 Å². The van der Waals surface area contributed by atoms with Crippen molar-refractivity contribution in [2.45, 2.75) is 39.0 Å². The van der Waals surface area contributed by atoms with Crippen LogP contribution in [-0.2, 0) is 16.0 Å². The SMILES string of the molecule is CC1CCC(C=O)=C(NC(=O)CCc2nc(-c3ccc(O)cn3)no2)C1. The average Bonchev–Trinajstić information content (AvgIpc) is 3.10. The number of hydrogen-bond acceptors (Lipinski definition) is 7. The zero-order valence-electron chi connectivity index (χ0n) is 14.4. The molecule has 0 aliphatic heterocycles. The Bertz CT molecular complexity index is 826. The van der Waals surface area contributed by atoms with E-state index in [4.69, 9.17) is 4.52 Å². The molecule has 1 unspecified atom stereocenters. The Kier molecular flexibility index (Phi) is 5.40. The lowest BCUT2D eigenvalue weighted by Gasteiger charge is -2.22. The quantitative estimate of drug-likeness (QED) is 0.761. The summed E-state index contributed by atoms with van der Waals surface area (Å²) in [5.74, 6) is 0.940. The first kappa shape index (κ1) is 17.8. The summed E-state index contributed by atoms with van der Waals surface area (Å²) < 4.78 is 5.14. The van der Waals surface area contributed by atoms with Gasteiger partial charge in [-0.1, -0.05) is 12.1 Å². The van der Waals surface area contributed by atoms with Crippen LogP contribution in [0.3, 0.4) is 0 Å². The molecule has 8 heteroatoms. The predicted octanol–water partition coefficient (Wildman–Crippen LogP) is 2.16. The van der Waals surface area contributed by atoms with E-state index in [1.165, 1.54) is 12.3 Å². The van der Waals surface area contributed by atoms with Gasteiger partial charge in [0.15, 0.2) is 0 Å². The Morgan fingerprint density at radius 1 is 1.46 bits per heavy atom. The molecule has 2 heterocycles. The van der Waals surface area contributed by atoms with Crippen molar-refractivity contribution in [2.75, 3.05) is 0 Å². The van der Waals surface area contributed by atoms with E-state index in [0.29, 0.717) is 41.7 Å². The molecule has 136 valence electrons. The number of rotatable bonds is 6. The second kappa shape index (κ2) is 7.90. The summed E-state index contributed by atoms with van der Waals surface area (Å²) in [6.07, 6.45) is 4.96. The molecule has 1 amide bonds. The highest BCUT2D eigenvalue weighted by Gasteiger charge is 2.19. The summed E-state index contributed by atoms with van der Waals surface area (Å²) in [5, 5.41) is 15.9. The molecule has 0 spiro atoms. The number of amides is 1. The second-order valence-corrected chi connectivity index (χ2v) is 6.43. The topological polar surface area (TPSA) is 118 Å². The van der Waals surface area contributed by atoms with Crippen molar-refractivity contribution in [1.29, 1.82) is 0 Å². The van der Waals surface area contributed by atoms with E-state index < -0.39 is 0 Å². The van der Waals surface area contributed by atoms with Gasteiger partial charge in [-0.2, -0.15) is 4.98 Å². The van der Waals surface area contributed by atoms with Gasteiger partial charge in [0.1, 0.15) is 17.7 Å². The zero-order valence-corrected chi connectivity index (χ0v) is 14.4. The van der Waals surface area contributed by atoms with E-state index in [9.17, 15) is 14.7 Å². The minimum Gasteiger partial charge on any atom is -0.506 e. The van der Waals surface area contributed by atoms with E-state index in [-0.39, 0.29) is 24.5 Å². The number of allylic oxidation sites excluding steroid dienone is 2. The largest absolute Gasteiger partial charge is 0.506 e. The van der Waals surface area contributed by atoms with Crippen molar-refractivity contribution in [3.05, 3.63) is 35.5 Å². The lowest BCUT2D eigenvalue weighted by molar-refractivity contribution is -0.120. The van der Waals surface area contributed by atoms with Crippen molar-refractivity contribution < 1.29 is 19.2 Å². The molecule has 0 saturated carbocycles. The summed E-state index contributed by atoms with van der Waals surface area (Å²) in [6, 6.07) is 3.06. The van der Waals surface area contributed by atoms with Gasteiger partial charge in [0.05, 0.1) is 6.20 Å². The number of carbonyl (C=O) groups excluding carboxylic acids is 2. The van der Waals surface area contributed by atoms with Crippen LogP contribution < -0.4 is 5.32 Å². The fraction of sp³-hybridized carbons (Fsp3) is 0.389. The summed E-state index contributed by atoms with van der Waals surface area (Å²) >= 11 is 0. The minimum atomic E-state index is -0.184. The van der Waals surface area contributed by atoms with Crippen LogP contribution in [0.5, 0.6) is 5.75 Å². The third-order valence-corrected chi connectivity index (χ3v) is 4.29. The summed E-state index contributed by atoms with van der Waals surface area (Å²) in [5.41, 5.74) is 1.87. The Balaban J connectivity index is 1.57. The molecule has 0 radical (unpaired) electrons. The number of aromatic hydroxyl groups is 1. The number of hydrogen-bond donors (Lipinski definition) is 2. The van der Waals surface area contributed by atoms with Crippen LogP contribution >= 0.6 is 0 Å². The number of nitrogens with zero attached hydrogens (tertiary/aromatic N) is 3. The standard InChI is InChI=1S/C18H20N4O4/c1-11-2-3-12(10-23)15(8-11)20-16(25)6-7-17-21-18(22-26-17)14-5-4-13(24)9-19-14/h4-5,9-11,24H,2-3,6-8H2,1H3,(H,20,25). The molecule has 0 aromatic carbocycles. The first-order valence-electron chi connectivity index (χ1n) is 8.50. The van der Waals surface area contributed by atoms with E-state index in [2.05, 4.69) is 27.4 Å². The van der Waals surface area contributed by atoms with Gasteiger partial charge in [-0.25, -0.2) is 4.98 Å². The van der Waals surface area contributed by atoms with Crippen LogP contribution in [-0.4, -0.2) is 32.4 Å². The number of carbonyl (C=O) groups is 2. The molecule has 3 rings (SSSR count). The summed E-state index contributed by atoms with van der Waals surface area (Å²) in [7, 11) is 0. The van der Waals surface area contributed by atoms with E-state index in [1.807, 2.05) is 0 Å².